The molecule has 1 amide bonds. The summed E-state index contributed by atoms with van der Waals surface area (Å²) in [6.45, 7) is 0. The van der Waals surface area contributed by atoms with Crippen molar-refractivity contribution >= 4 is 40.3 Å². The van der Waals surface area contributed by atoms with Crippen LogP contribution in [0.3, 0.4) is 0 Å². The van der Waals surface area contributed by atoms with E-state index in [4.69, 9.17) is 16.3 Å². The number of carbonyl (C=O) groups excluding carboxylic acids is 1. The number of aryl methyl sites for hydroxylation is 1. The lowest BCUT2D eigenvalue weighted by Gasteiger charge is -2.18. The third kappa shape index (κ3) is 3.11. The molecule has 0 spiro atoms. The van der Waals surface area contributed by atoms with Gasteiger partial charge in [0, 0.05) is 29.9 Å². The molecule has 0 atom stereocenters. The van der Waals surface area contributed by atoms with Crippen LogP contribution in [0.4, 0.5) is 22.7 Å². The van der Waals surface area contributed by atoms with Crippen LogP contribution in [0.15, 0.2) is 30.3 Å². The highest BCUT2D eigenvalue weighted by atomic mass is 35.5. The first-order valence-corrected chi connectivity index (χ1v) is 7.57. The second-order valence-electron chi connectivity index (χ2n) is 5.31. The van der Waals surface area contributed by atoms with Crippen LogP contribution in [-0.4, -0.2) is 17.9 Å². The van der Waals surface area contributed by atoms with Gasteiger partial charge in [0.05, 0.1) is 22.7 Å². The molecule has 0 saturated carbocycles. The fourth-order valence-electron chi connectivity index (χ4n) is 2.56. The summed E-state index contributed by atoms with van der Waals surface area (Å²) in [5, 5.41) is 17.2. The van der Waals surface area contributed by atoms with Gasteiger partial charge < -0.3 is 15.4 Å². The van der Waals surface area contributed by atoms with Gasteiger partial charge in [0.25, 0.3) is 0 Å². The first kappa shape index (κ1) is 16.1. The summed E-state index contributed by atoms with van der Waals surface area (Å²) in [6, 6.07) is 8.27. The summed E-state index contributed by atoms with van der Waals surface area (Å²) in [5.41, 5.74) is 2.89. The van der Waals surface area contributed by atoms with E-state index in [9.17, 15) is 14.9 Å². The van der Waals surface area contributed by atoms with E-state index in [0.717, 1.165) is 16.9 Å². The molecular formula is C16H14ClN3O4. The Bertz CT molecular complexity index is 838. The Morgan fingerprint density at radius 1 is 1.29 bits per heavy atom. The minimum Gasteiger partial charge on any atom is -0.490 e. The molecule has 0 fully saturated rings. The standard InChI is InChI=1S/C16H14ClN3O4/c1-24-15-8-13(11(17)7-14(15)20(22)23)18-10-3-4-12-9(6-10)2-5-16(21)19-12/h3-4,6-8,18H,2,5H2,1H3,(H,19,21). The van der Waals surface area contributed by atoms with Crippen LogP contribution >= 0.6 is 11.6 Å². The molecule has 3 rings (SSSR count). The number of benzene rings is 2. The van der Waals surface area contributed by atoms with Crippen molar-refractivity contribution in [2.75, 3.05) is 17.7 Å². The van der Waals surface area contributed by atoms with E-state index in [1.54, 1.807) is 6.07 Å². The number of nitrogens with zero attached hydrogens (tertiary/aromatic N) is 1. The number of fused-ring (bicyclic) bond motifs is 1. The maximum atomic E-state index is 11.4. The molecule has 0 unspecified atom stereocenters. The van der Waals surface area contributed by atoms with E-state index in [2.05, 4.69) is 10.6 Å². The van der Waals surface area contributed by atoms with Crippen LogP contribution in [0.2, 0.25) is 5.02 Å². The topological polar surface area (TPSA) is 93.5 Å². The van der Waals surface area contributed by atoms with Gasteiger partial charge in [-0.3, -0.25) is 14.9 Å². The van der Waals surface area contributed by atoms with Gasteiger partial charge in [-0.1, -0.05) is 11.6 Å². The Balaban J connectivity index is 1.91. The molecule has 0 saturated heterocycles. The zero-order valence-electron chi connectivity index (χ0n) is 12.8. The number of methoxy groups -OCH3 is 1. The van der Waals surface area contributed by atoms with E-state index in [-0.39, 0.29) is 22.4 Å². The average molecular weight is 348 g/mol. The molecule has 1 aliphatic heterocycles. The van der Waals surface area contributed by atoms with Crippen LogP contribution in [0.5, 0.6) is 5.75 Å². The molecule has 8 heteroatoms. The zero-order valence-corrected chi connectivity index (χ0v) is 13.5. The molecule has 24 heavy (non-hydrogen) atoms. The summed E-state index contributed by atoms with van der Waals surface area (Å²) in [4.78, 5) is 21.8. The van der Waals surface area contributed by atoms with E-state index < -0.39 is 4.92 Å². The van der Waals surface area contributed by atoms with Crippen molar-refractivity contribution in [3.05, 3.63) is 51.0 Å². The molecule has 0 bridgehead atoms. The summed E-state index contributed by atoms with van der Waals surface area (Å²) < 4.78 is 5.05. The van der Waals surface area contributed by atoms with Crippen LogP contribution < -0.4 is 15.4 Å². The predicted molar refractivity (Wildman–Crippen MR) is 91.3 cm³/mol. The lowest BCUT2D eigenvalue weighted by Crippen LogP contribution is -2.18. The molecule has 2 aromatic rings. The summed E-state index contributed by atoms with van der Waals surface area (Å²) >= 11 is 6.14. The number of rotatable bonds is 4. The number of ether oxygens (including phenoxy) is 1. The smallest absolute Gasteiger partial charge is 0.312 e. The third-order valence-electron chi connectivity index (χ3n) is 3.74. The first-order valence-electron chi connectivity index (χ1n) is 7.19. The molecule has 7 nitrogen and oxygen atoms in total. The number of nitrogens with one attached hydrogen (secondary N) is 2. The van der Waals surface area contributed by atoms with Crippen LogP contribution in [-0.2, 0) is 11.2 Å². The number of nitro benzene ring substituents is 1. The molecule has 0 aliphatic carbocycles. The minimum atomic E-state index is -0.546. The maximum absolute atomic E-state index is 11.4. The Kier molecular flexibility index (Phi) is 4.26. The number of carbonyl (C=O) groups is 1. The van der Waals surface area contributed by atoms with Crippen molar-refractivity contribution in [3.8, 4) is 5.75 Å². The normalized spacial score (nSPS) is 13.0. The van der Waals surface area contributed by atoms with Crippen molar-refractivity contribution in [3.63, 3.8) is 0 Å². The highest BCUT2D eigenvalue weighted by Crippen LogP contribution is 2.37. The van der Waals surface area contributed by atoms with E-state index in [1.165, 1.54) is 19.2 Å². The Hall–Kier alpha value is -2.80. The van der Waals surface area contributed by atoms with Crippen LogP contribution in [0, 0.1) is 10.1 Å². The molecule has 124 valence electrons. The van der Waals surface area contributed by atoms with Gasteiger partial charge in [-0.25, -0.2) is 0 Å². The molecule has 2 N–H and O–H groups in total. The van der Waals surface area contributed by atoms with Gasteiger partial charge in [-0.2, -0.15) is 0 Å². The molecular weight excluding hydrogens is 334 g/mol. The van der Waals surface area contributed by atoms with Crippen molar-refractivity contribution < 1.29 is 14.5 Å². The molecule has 2 aromatic carbocycles. The number of halogens is 1. The highest BCUT2D eigenvalue weighted by Gasteiger charge is 2.19. The average Bonchev–Trinajstić information content (AvgIpc) is 2.56. The molecule has 0 radical (unpaired) electrons. The predicted octanol–water partition coefficient (Wildman–Crippen LogP) is 3.89. The number of hydrogen-bond donors (Lipinski definition) is 2. The second kappa shape index (κ2) is 6.37. The molecule has 1 heterocycles. The van der Waals surface area contributed by atoms with Gasteiger partial charge >= 0.3 is 5.69 Å². The Morgan fingerprint density at radius 2 is 2.08 bits per heavy atom. The highest BCUT2D eigenvalue weighted by molar-refractivity contribution is 6.33. The van der Waals surface area contributed by atoms with Crippen molar-refractivity contribution in [1.82, 2.24) is 0 Å². The lowest BCUT2D eigenvalue weighted by molar-refractivity contribution is -0.385. The zero-order chi connectivity index (χ0) is 17.3. The van der Waals surface area contributed by atoms with E-state index in [1.807, 2.05) is 12.1 Å². The van der Waals surface area contributed by atoms with E-state index >= 15 is 0 Å². The lowest BCUT2D eigenvalue weighted by atomic mass is 10.0. The summed E-state index contributed by atoms with van der Waals surface area (Å²) in [6.07, 6.45) is 1.11. The van der Waals surface area contributed by atoms with Crippen molar-refractivity contribution in [2.24, 2.45) is 0 Å². The Labute approximate surface area is 142 Å². The summed E-state index contributed by atoms with van der Waals surface area (Å²) in [5.74, 6) is 0.128. The fraction of sp³-hybridized carbons (Fsp3) is 0.188. The number of amides is 1. The van der Waals surface area contributed by atoms with Crippen molar-refractivity contribution in [2.45, 2.75) is 12.8 Å². The number of anilines is 3. The van der Waals surface area contributed by atoms with E-state index in [0.29, 0.717) is 18.5 Å². The maximum Gasteiger partial charge on any atom is 0.312 e. The molecule has 1 aliphatic rings. The van der Waals surface area contributed by atoms with Gasteiger partial charge in [-0.05, 0) is 30.2 Å². The third-order valence-corrected chi connectivity index (χ3v) is 4.06. The SMILES string of the molecule is COc1cc(Nc2ccc3c(c2)CCC(=O)N3)c(Cl)cc1[N+](=O)[O-]. The first-order chi connectivity index (χ1) is 11.5. The monoisotopic (exact) mass is 347 g/mol. The van der Waals surface area contributed by atoms with Gasteiger partial charge in [0.15, 0.2) is 5.75 Å². The van der Waals surface area contributed by atoms with Gasteiger partial charge in [-0.15, -0.1) is 0 Å². The quantitative estimate of drug-likeness (QED) is 0.646. The summed E-state index contributed by atoms with van der Waals surface area (Å²) in [7, 11) is 1.36. The Morgan fingerprint density at radius 3 is 2.79 bits per heavy atom. The second-order valence-corrected chi connectivity index (χ2v) is 5.71. The van der Waals surface area contributed by atoms with Gasteiger partial charge in [0.1, 0.15) is 0 Å². The van der Waals surface area contributed by atoms with Crippen molar-refractivity contribution in [1.29, 1.82) is 0 Å². The molecule has 0 aromatic heterocycles. The fourth-order valence-corrected chi connectivity index (χ4v) is 2.77. The minimum absolute atomic E-state index is 0.00589. The largest absolute Gasteiger partial charge is 0.490 e. The number of hydrogen-bond acceptors (Lipinski definition) is 5. The number of nitro groups is 1. The van der Waals surface area contributed by atoms with Crippen LogP contribution in [0.1, 0.15) is 12.0 Å². The van der Waals surface area contributed by atoms with Gasteiger partial charge in [0.2, 0.25) is 5.91 Å². The van der Waals surface area contributed by atoms with Crippen LogP contribution in [0.25, 0.3) is 0 Å².